The molecule has 4 atom stereocenters. The van der Waals surface area contributed by atoms with E-state index < -0.39 is 49.8 Å². The maximum Gasteiger partial charge on any atom is 0.405 e. The van der Waals surface area contributed by atoms with Crippen LogP contribution in [0.2, 0.25) is 0 Å². The van der Waals surface area contributed by atoms with Crippen molar-refractivity contribution in [1.29, 1.82) is 0 Å². The summed E-state index contributed by atoms with van der Waals surface area (Å²) in [5.41, 5.74) is 0.584. The zero-order valence-electron chi connectivity index (χ0n) is 24.6. The first-order chi connectivity index (χ1) is 19.8. The molecule has 0 saturated carbocycles. The summed E-state index contributed by atoms with van der Waals surface area (Å²) in [5.74, 6) is -2.37. The van der Waals surface area contributed by atoms with Gasteiger partial charge in [-0.2, -0.15) is 17.2 Å². The molecular formula is C31H35F4O6S2+. The van der Waals surface area contributed by atoms with Gasteiger partial charge in [0.2, 0.25) is 0 Å². The van der Waals surface area contributed by atoms with Gasteiger partial charge in [-0.25, -0.2) is 8.78 Å². The molecule has 4 unspecified atom stereocenters. The quantitative estimate of drug-likeness (QED) is 0.147. The summed E-state index contributed by atoms with van der Waals surface area (Å²) in [6.07, 6.45) is -2.25. The maximum absolute atomic E-state index is 14.3. The molecule has 1 N–H and O–H groups in total. The fraction of sp³-hybridized carbons (Fsp3) is 0.419. The summed E-state index contributed by atoms with van der Waals surface area (Å²) in [7, 11) is -6.74. The Hall–Kier alpha value is -2.64. The minimum Gasteiger partial charge on any atom is -0.483 e. The second-order valence-electron chi connectivity index (χ2n) is 11.7. The minimum absolute atomic E-state index is 0.0586. The van der Waals surface area contributed by atoms with Gasteiger partial charge in [0.05, 0.1) is 23.6 Å². The second kappa shape index (κ2) is 12.0. The van der Waals surface area contributed by atoms with Crippen LogP contribution in [0.15, 0.2) is 81.4 Å². The molecule has 0 amide bonds. The van der Waals surface area contributed by atoms with Crippen molar-refractivity contribution in [3.63, 3.8) is 0 Å². The van der Waals surface area contributed by atoms with Crippen LogP contribution in [0.1, 0.15) is 47.1 Å². The number of halogens is 4. The van der Waals surface area contributed by atoms with Crippen LogP contribution < -0.4 is 4.74 Å². The normalized spacial score (nSPS) is 22.3. The molecule has 1 aliphatic rings. The van der Waals surface area contributed by atoms with E-state index in [0.717, 1.165) is 18.6 Å². The van der Waals surface area contributed by atoms with Gasteiger partial charge in [-0.05, 0) is 68.3 Å². The van der Waals surface area contributed by atoms with Gasteiger partial charge in [0.15, 0.2) is 26.6 Å². The lowest BCUT2D eigenvalue weighted by Gasteiger charge is -2.49. The van der Waals surface area contributed by atoms with Crippen LogP contribution in [0.4, 0.5) is 17.6 Å². The largest absolute Gasteiger partial charge is 0.483 e. The maximum atomic E-state index is 14.3. The molecule has 0 bridgehead atoms. The first-order valence-corrected chi connectivity index (χ1v) is 16.2. The molecule has 12 heteroatoms. The van der Waals surface area contributed by atoms with Gasteiger partial charge in [0.1, 0.15) is 17.4 Å². The molecule has 1 heterocycles. The smallest absolute Gasteiger partial charge is 0.405 e. The van der Waals surface area contributed by atoms with Gasteiger partial charge in [0, 0.05) is 29.2 Å². The van der Waals surface area contributed by atoms with Crippen LogP contribution in [0.25, 0.3) is 0 Å². The van der Waals surface area contributed by atoms with Gasteiger partial charge in [-0.3, -0.25) is 4.55 Å². The Morgan fingerprint density at radius 2 is 1.42 bits per heavy atom. The van der Waals surface area contributed by atoms with E-state index in [-0.39, 0.29) is 23.2 Å². The standard InChI is InChI=1S/C31H34F4O6S2/c1-19(2)28-29(4,5)18-39-30(6,41-28)21-7-11-25(12-8-21)42(27-16-22(32)15-23(33)17-27)26-13-9-24(10-14-26)40-20(3)31(34,35)43(36,37)38/h7-17,19-20,28H,18H2,1-6H3/p+1. The predicted molar refractivity (Wildman–Crippen MR) is 155 cm³/mol. The Morgan fingerprint density at radius 3 is 1.91 bits per heavy atom. The highest BCUT2D eigenvalue weighted by atomic mass is 32.2. The first-order valence-electron chi connectivity index (χ1n) is 13.6. The van der Waals surface area contributed by atoms with Crippen molar-refractivity contribution in [1.82, 2.24) is 0 Å². The number of alkyl halides is 2. The Bertz CT molecular complexity index is 1530. The van der Waals surface area contributed by atoms with Crippen LogP contribution in [0, 0.1) is 23.0 Å². The molecule has 234 valence electrons. The lowest BCUT2D eigenvalue weighted by molar-refractivity contribution is -0.337. The van der Waals surface area contributed by atoms with E-state index in [1.54, 1.807) is 0 Å². The van der Waals surface area contributed by atoms with E-state index in [1.165, 1.54) is 36.4 Å². The first kappa shape index (κ1) is 33.3. The number of benzene rings is 3. The van der Waals surface area contributed by atoms with Crippen molar-refractivity contribution >= 4 is 21.0 Å². The minimum atomic E-state index is -5.70. The van der Waals surface area contributed by atoms with E-state index in [1.807, 2.05) is 31.2 Å². The predicted octanol–water partition coefficient (Wildman–Crippen LogP) is 7.58. The molecule has 4 rings (SSSR count). The molecule has 0 aliphatic carbocycles. The van der Waals surface area contributed by atoms with Gasteiger partial charge >= 0.3 is 15.4 Å². The fourth-order valence-electron chi connectivity index (χ4n) is 5.12. The summed E-state index contributed by atoms with van der Waals surface area (Å²) < 4.78 is 105. The summed E-state index contributed by atoms with van der Waals surface area (Å²) >= 11 is 0. The van der Waals surface area contributed by atoms with Crippen molar-refractivity contribution in [2.24, 2.45) is 11.3 Å². The van der Waals surface area contributed by atoms with Crippen molar-refractivity contribution in [3.8, 4) is 5.75 Å². The Morgan fingerprint density at radius 1 is 0.907 bits per heavy atom. The van der Waals surface area contributed by atoms with Crippen LogP contribution in [0.3, 0.4) is 0 Å². The highest BCUT2D eigenvalue weighted by Gasteiger charge is 2.51. The Balaban J connectivity index is 1.68. The van der Waals surface area contributed by atoms with Crippen LogP contribution >= 0.6 is 0 Å². The highest BCUT2D eigenvalue weighted by molar-refractivity contribution is 7.97. The summed E-state index contributed by atoms with van der Waals surface area (Å²) in [4.78, 5) is 1.62. The van der Waals surface area contributed by atoms with Crippen LogP contribution in [-0.4, -0.2) is 37.0 Å². The van der Waals surface area contributed by atoms with E-state index >= 15 is 0 Å². The van der Waals surface area contributed by atoms with Crippen molar-refractivity contribution in [2.75, 3.05) is 6.61 Å². The number of rotatable bonds is 9. The lowest BCUT2D eigenvalue weighted by Crippen LogP contribution is -2.52. The summed E-state index contributed by atoms with van der Waals surface area (Å²) in [6.45, 7) is 11.6. The van der Waals surface area contributed by atoms with Crippen molar-refractivity contribution in [3.05, 3.63) is 83.9 Å². The van der Waals surface area contributed by atoms with E-state index in [2.05, 4.69) is 27.7 Å². The molecule has 3 aromatic carbocycles. The van der Waals surface area contributed by atoms with Crippen LogP contribution in [-0.2, 0) is 36.3 Å². The monoisotopic (exact) mass is 643 g/mol. The molecule has 0 radical (unpaired) electrons. The molecule has 0 spiro atoms. The molecule has 1 fully saturated rings. The topological polar surface area (TPSA) is 82.1 Å². The third-order valence-electron chi connectivity index (χ3n) is 7.32. The number of hydrogen-bond donors (Lipinski definition) is 1. The molecule has 1 aliphatic heterocycles. The third-order valence-corrected chi connectivity index (χ3v) is 10.5. The highest BCUT2D eigenvalue weighted by Crippen LogP contribution is 2.44. The lowest BCUT2D eigenvalue weighted by atomic mass is 9.80. The molecule has 3 aromatic rings. The molecule has 1 saturated heterocycles. The van der Waals surface area contributed by atoms with Gasteiger partial charge in [0.25, 0.3) is 0 Å². The molecule has 0 aromatic heterocycles. The fourth-order valence-corrected chi connectivity index (χ4v) is 7.68. The summed E-state index contributed by atoms with van der Waals surface area (Å²) in [6, 6.07) is 16.3. The number of hydrogen-bond acceptors (Lipinski definition) is 5. The van der Waals surface area contributed by atoms with Gasteiger partial charge in [-0.15, -0.1) is 0 Å². The van der Waals surface area contributed by atoms with E-state index in [4.69, 9.17) is 18.8 Å². The molecule has 43 heavy (non-hydrogen) atoms. The van der Waals surface area contributed by atoms with E-state index in [0.29, 0.717) is 21.3 Å². The number of ether oxygens (including phenoxy) is 3. The van der Waals surface area contributed by atoms with Gasteiger partial charge in [-0.1, -0.05) is 27.7 Å². The Kier molecular flexibility index (Phi) is 9.31. The molecule has 6 nitrogen and oxygen atoms in total. The summed E-state index contributed by atoms with van der Waals surface area (Å²) in [5, 5.41) is -4.54. The SMILES string of the molecule is CC(C)C1OC(C)(c2ccc([S+](c3ccc(OC(C)C(F)(F)S(=O)(=O)O)cc3)c3cc(F)cc(F)c3)cc2)OCC1(C)C. The van der Waals surface area contributed by atoms with Gasteiger partial charge < -0.3 is 14.2 Å². The zero-order chi connectivity index (χ0) is 32.0. The van der Waals surface area contributed by atoms with Crippen molar-refractivity contribution < 1.29 is 44.7 Å². The Labute approximate surface area is 252 Å². The zero-order valence-corrected chi connectivity index (χ0v) is 26.2. The third kappa shape index (κ3) is 7.04. The van der Waals surface area contributed by atoms with Crippen LogP contribution in [0.5, 0.6) is 5.75 Å². The molecular weight excluding hydrogens is 608 g/mol. The van der Waals surface area contributed by atoms with Crippen molar-refractivity contribution in [2.45, 2.75) is 79.5 Å². The van der Waals surface area contributed by atoms with E-state index in [9.17, 15) is 26.0 Å². The second-order valence-corrected chi connectivity index (χ2v) is 15.2. The average molecular weight is 644 g/mol. The average Bonchev–Trinajstić information content (AvgIpc) is 2.90.